The number of nitrogens with one attached hydrogen (secondary N) is 1. The lowest BCUT2D eigenvalue weighted by Gasteiger charge is -2.30. The van der Waals surface area contributed by atoms with Crippen LogP contribution in [0.5, 0.6) is 0 Å². The van der Waals surface area contributed by atoms with Crippen LogP contribution in [0, 0.1) is 0 Å². The number of esters is 1. The van der Waals surface area contributed by atoms with Gasteiger partial charge in [0, 0.05) is 0 Å². The summed E-state index contributed by atoms with van der Waals surface area (Å²) in [6.07, 6.45) is -5.64. The Morgan fingerprint density at radius 1 is 1.45 bits per heavy atom. The Hall–Kier alpha value is -1.60. The van der Waals surface area contributed by atoms with E-state index < -0.39 is 30.3 Å². The number of rotatable bonds is 3. The van der Waals surface area contributed by atoms with Crippen LogP contribution >= 0.6 is 0 Å². The number of hydrogen-bond donors (Lipinski definition) is 1. The van der Waals surface area contributed by atoms with Crippen molar-refractivity contribution in [2.24, 2.45) is 0 Å². The lowest BCUT2D eigenvalue weighted by atomic mass is 10.1. The second-order valence-electron chi connectivity index (χ2n) is 4.50. The molecule has 2 rings (SSSR count). The molecular weight excluding hydrogens is 275 g/mol. The minimum absolute atomic E-state index is 0.166. The quantitative estimate of drug-likeness (QED) is 0.866. The summed E-state index contributed by atoms with van der Waals surface area (Å²) < 4.78 is 48.8. The van der Waals surface area contributed by atoms with E-state index in [9.17, 15) is 18.0 Å². The van der Waals surface area contributed by atoms with Gasteiger partial charge in [-0.05, 0) is 5.56 Å². The van der Waals surface area contributed by atoms with E-state index in [0.717, 1.165) is 7.11 Å². The van der Waals surface area contributed by atoms with Gasteiger partial charge in [-0.1, -0.05) is 30.3 Å². The van der Waals surface area contributed by atoms with Crippen LogP contribution in [0.25, 0.3) is 0 Å². The van der Waals surface area contributed by atoms with Crippen molar-refractivity contribution >= 4 is 5.97 Å². The van der Waals surface area contributed by atoms with E-state index in [4.69, 9.17) is 4.74 Å². The third kappa shape index (κ3) is 2.78. The van der Waals surface area contributed by atoms with E-state index in [-0.39, 0.29) is 6.61 Å². The number of benzene rings is 1. The number of halogens is 3. The summed E-state index contributed by atoms with van der Waals surface area (Å²) in [5.74, 6) is -0.983. The predicted molar refractivity (Wildman–Crippen MR) is 63.7 cm³/mol. The van der Waals surface area contributed by atoms with Crippen molar-refractivity contribution in [2.75, 3.05) is 13.7 Å². The normalized spacial score (nSPS) is 26.5. The predicted octanol–water partition coefficient (Wildman–Crippen LogP) is 2.17. The van der Waals surface area contributed by atoms with Crippen molar-refractivity contribution in [3.05, 3.63) is 35.9 Å². The molecule has 110 valence electrons. The van der Waals surface area contributed by atoms with Crippen molar-refractivity contribution in [3.8, 4) is 0 Å². The molecule has 0 saturated carbocycles. The molecule has 1 fully saturated rings. The fraction of sp³-hybridized carbons (Fsp3) is 0.462. The lowest BCUT2D eigenvalue weighted by Crippen LogP contribution is -2.55. The highest BCUT2D eigenvalue weighted by molar-refractivity contribution is 5.70. The first-order valence-corrected chi connectivity index (χ1v) is 5.98. The van der Waals surface area contributed by atoms with Crippen LogP contribution in [-0.4, -0.2) is 31.6 Å². The topological polar surface area (TPSA) is 47.6 Å². The Morgan fingerprint density at radius 3 is 2.65 bits per heavy atom. The average molecular weight is 289 g/mol. The molecule has 7 heteroatoms. The zero-order chi connectivity index (χ0) is 14.8. The van der Waals surface area contributed by atoms with Gasteiger partial charge in [0.05, 0.1) is 26.2 Å². The van der Waals surface area contributed by atoms with Crippen LogP contribution in [0.15, 0.2) is 30.3 Å². The fourth-order valence-corrected chi connectivity index (χ4v) is 2.10. The highest BCUT2D eigenvalue weighted by Crippen LogP contribution is 2.41. The average Bonchev–Trinajstić information content (AvgIpc) is 2.85. The van der Waals surface area contributed by atoms with Crippen molar-refractivity contribution in [1.82, 2.24) is 5.32 Å². The Balaban J connectivity index is 2.22. The molecule has 0 aromatic heterocycles. The summed E-state index contributed by atoms with van der Waals surface area (Å²) in [7, 11) is 1.04. The maximum atomic E-state index is 13.2. The Labute approximate surface area is 113 Å². The fourth-order valence-electron chi connectivity index (χ4n) is 2.10. The van der Waals surface area contributed by atoms with Gasteiger partial charge in [-0.15, -0.1) is 0 Å². The molecule has 4 nitrogen and oxygen atoms in total. The lowest BCUT2D eigenvalue weighted by molar-refractivity contribution is -0.273. The van der Waals surface area contributed by atoms with Gasteiger partial charge in [-0.25, -0.2) is 0 Å². The summed E-state index contributed by atoms with van der Waals surface area (Å²) in [6.45, 7) is -0.166. The number of alkyl halides is 3. The number of carbonyl (C=O) groups is 1. The number of carbonyl (C=O) groups excluding carboxylic acids is 1. The number of hydrogen-bond acceptors (Lipinski definition) is 4. The minimum atomic E-state index is -4.72. The Morgan fingerprint density at radius 2 is 2.10 bits per heavy atom. The van der Waals surface area contributed by atoms with Crippen molar-refractivity contribution in [3.63, 3.8) is 0 Å². The summed E-state index contributed by atoms with van der Waals surface area (Å²) in [4.78, 5) is 11.2. The van der Waals surface area contributed by atoms with Gasteiger partial charge in [0.25, 0.3) is 0 Å². The van der Waals surface area contributed by atoms with Crippen LogP contribution in [0.2, 0.25) is 0 Å². The molecule has 1 aromatic carbocycles. The van der Waals surface area contributed by atoms with Crippen molar-refractivity contribution in [2.45, 2.75) is 24.4 Å². The largest absolute Gasteiger partial charge is 0.469 e. The first-order chi connectivity index (χ1) is 9.38. The third-order valence-corrected chi connectivity index (χ3v) is 3.18. The van der Waals surface area contributed by atoms with Crippen LogP contribution in [0.1, 0.15) is 18.0 Å². The van der Waals surface area contributed by atoms with Gasteiger partial charge in [-0.2, -0.15) is 13.2 Å². The summed E-state index contributed by atoms with van der Waals surface area (Å²) in [6, 6.07) is 8.00. The van der Waals surface area contributed by atoms with Gasteiger partial charge < -0.3 is 9.47 Å². The molecule has 1 heterocycles. The van der Waals surface area contributed by atoms with Gasteiger partial charge >= 0.3 is 12.1 Å². The monoisotopic (exact) mass is 289 g/mol. The summed E-state index contributed by atoms with van der Waals surface area (Å²) >= 11 is 0. The zero-order valence-corrected chi connectivity index (χ0v) is 10.7. The highest BCUT2D eigenvalue weighted by Gasteiger charge is 2.61. The molecule has 0 amide bonds. The smallest absolute Gasteiger partial charge is 0.431 e. The molecular formula is C13H14F3NO3. The van der Waals surface area contributed by atoms with E-state index >= 15 is 0 Å². The van der Waals surface area contributed by atoms with Gasteiger partial charge in [0.2, 0.25) is 5.72 Å². The molecule has 0 aliphatic carbocycles. The maximum Gasteiger partial charge on any atom is 0.431 e. The second-order valence-corrected chi connectivity index (χ2v) is 4.50. The van der Waals surface area contributed by atoms with Crippen molar-refractivity contribution in [1.29, 1.82) is 0 Å². The van der Waals surface area contributed by atoms with E-state index in [2.05, 4.69) is 10.1 Å². The molecule has 20 heavy (non-hydrogen) atoms. The maximum absolute atomic E-state index is 13.2. The molecule has 0 radical (unpaired) electrons. The molecule has 0 bridgehead atoms. The molecule has 0 spiro atoms. The number of ether oxygens (including phenoxy) is 2. The van der Waals surface area contributed by atoms with Crippen LogP contribution in [-0.2, 0) is 14.3 Å². The number of methoxy groups -OCH3 is 1. The molecule has 1 saturated heterocycles. The van der Waals surface area contributed by atoms with E-state index in [1.54, 1.807) is 30.3 Å². The van der Waals surface area contributed by atoms with Gasteiger partial charge in [0.15, 0.2) is 0 Å². The summed E-state index contributed by atoms with van der Waals surface area (Å²) in [5.41, 5.74) is -2.02. The van der Waals surface area contributed by atoms with Gasteiger partial charge in [-0.3, -0.25) is 10.1 Å². The Kier molecular flexibility index (Phi) is 4.01. The van der Waals surface area contributed by atoms with Crippen LogP contribution in [0.4, 0.5) is 13.2 Å². The molecule has 1 aliphatic heterocycles. The van der Waals surface area contributed by atoms with Crippen molar-refractivity contribution < 1.29 is 27.4 Å². The highest BCUT2D eigenvalue weighted by atomic mass is 19.4. The molecule has 2 atom stereocenters. The second kappa shape index (κ2) is 5.41. The third-order valence-electron chi connectivity index (χ3n) is 3.18. The zero-order valence-electron chi connectivity index (χ0n) is 10.7. The van der Waals surface area contributed by atoms with E-state index in [0.29, 0.717) is 5.56 Å². The van der Waals surface area contributed by atoms with Crippen LogP contribution < -0.4 is 5.32 Å². The van der Waals surface area contributed by atoms with Crippen LogP contribution in [0.3, 0.4) is 0 Å². The molecule has 1 N–H and O–H groups in total. The summed E-state index contributed by atoms with van der Waals surface area (Å²) in [5, 5.41) is 2.38. The minimum Gasteiger partial charge on any atom is -0.469 e. The molecule has 1 unspecified atom stereocenters. The Bertz CT molecular complexity index is 477. The SMILES string of the molecule is COC(=O)CC1(C(F)(F)F)N[C@@H](c2ccccc2)CO1. The first kappa shape index (κ1) is 14.8. The van der Waals surface area contributed by atoms with Gasteiger partial charge in [0.1, 0.15) is 0 Å². The first-order valence-electron chi connectivity index (χ1n) is 5.98. The standard InChI is InChI=1S/C13H14F3NO3/c1-19-11(18)7-12(13(14,15)16)17-10(8-20-12)9-5-3-2-4-6-9/h2-6,10,17H,7-8H2,1H3/t10-,12?/m1/s1. The molecule has 1 aliphatic rings. The molecule has 1 aromatic rings. The van der Waals surface area contributed by atoms with E-state index in [1.165, 1.54) is 0 Å². The van der Waals surface area contributed by atoms with E-state index in [1.807, 2.05) is 0 Å².